The van der Waals surface area contributed by atoms with Crippen LogP contribution in [-0.4, -0.2) is 30.9 Å². The van der Waals surface area contributed by atoms with E-state index in [1.807, 2.05) is 18.9 Å². The molecule has 1 N–H and O–H groups in total. The zero-order valence-corrected chi connectivity index (χ0v) is 8.47. The van der Waals surface area contributed by atoms with E-state index in [1.54, 1.807) is 6.08 Å². The molecule has 1 fully saturated rings. The van der Waals surface area contributed by atoms with Gasteiger partial charge in [-0.2, -0.15) is 0 Å². The van der Waals surface area contributed by atoms with Crippen LogP contribution in [0.5, 0.6) is 0 Å². The third kappa shape index (κ3) is 3.09. The molecule has 0 spiro atoms. The van der Waals surface area contributed by atoms with E-state index in [0.29, 0.717) is 0 Å². The van der Waals surface area contributed by atoms with E-state index in [9.17, 15) is 4.79 Å². The summed E-state index contributed by atoms with van der Waals surface area (Å²) in [5.74, 6) is 0.145. The third-order valence-corrected chi connectivity index (χ3v) is 2.40. The monoisotopic (exact) mass is 182 g/mol. The summed E-state index contributed by atoms with van der Waals surface area (Å²) in [7, 11) is 1.83. The minimum atomic E-state index is 0.145. The highest BCUT2D eigenvalue weighted by Crippen LogP contribution is 2.09. The minimum absolute atomic E-state index is 0.145. The summed E-state index contributed by atoms with van der Waals surface area (Å²) < 4.78 is 0. The van der Waals surface area contributed by atoms with Crippen molar-refractivity contribution < 1.29 is 4.79 Å². The fourth-order valence-electron chi connectivity index (χ4n) is 1.46. The second kappa shape index (κ2) is 4.90. The molecule has 13 heavy (non-hydrogen) atoms. The van der Waals surface area contributed by atoms with Crippen LogP contribution in [0.25, 0.3) is 0 Å². The molecular weight excluding hydrogens is 164 g/mol. The highest BCUT2D eigenvalue weighted by Gasteiger charge is 2.13. The predicted molar refractivity (Wildman–Crippen MR) is 53.2 cm³/mol. The average Bonchev–Trinajstić information content (AvgIpc) is 2.19. The minimum Gasteiger partial charge on any atom is -0.391 e. The fourth-order valence-corrected chi connectivity index (χ4v) is 1.46. The van der Waals surface area contributed by atoms with Gasteiger partial charge in [0, 0.05) is 31.9 Å². The summed E-state index contributed by atoms with van der Waals surface area (Å²) in [6.07, 6.45) is 5.24. The van der Waals surface area contributed by atoms with Crippen LogP contribution >= 0.6 is 0 Å². The van der Waals surface area contributed by atoms with E-state index in [-0.39, 0.29) is 5.91 Å². The maximum atomic E-state index is 11.6. The molecule has 1 heterocycles. The van der Waals surface area contributed by atoms with Crippen molar-refractivity contribution in [3.8, 4) is 0 Å². The number of hydrogen-bond acceptors (Lipinski definition) is 2. The lowest BCUT2D eigenvalue weighted by Gasteiger charge is -2.25. The summed E-state index contributed by atoms with van der Waals surface area (Å²) in [4.78, 5) is 13.5. The van der Waals surface area contributed by atoms with Gasteiger partial charge >= 0.3 is 0 Å². The summed E-state index contributed by atoms with van der Waals surface area (Å²) in [6.45, 7) is 3.75. The van der Waals surface area contributed by atoms with Gasteiger partial charge in [0.1, 0.15) is 0 Å². The van der Waals surface area contributed by atoms with E-state index >= 15 is 0 Å². The molecule has 1 aliphatic rings. The maximum Gasteiger partial charge on any atom is 0.248 e. The number of amides is 1. The molecule has 0 aromatic carbocycles. The van der Waals surface area contributed by atoms with E-state index in [4.69, 9.17) is 0 Å². The second-order valence-electron chi connectivity index (χ2n) is 3.46. The summed E-state index contributed by atoms with van der Waals surface area (Å²) in [5, 5.41) is 2.95. The van der Waals surface area contributed by atoms with Crippen molar-refractivity contribution in [2.75, 3.05) is 20.1 Å². The largest absolute Gasteiger partial charge is 0.391 e. The first-order valence-electron chi connectivity index (χ1n) is 4.89. The van der Waals surface area contributed by atoms with Crippen LogP contribution in [0.15, 0.2) is 11.8 Å². The Hall–Kier alpha value is -0.990. The second-order valence-corrected chi connectivity index (χ2v) is 3.46. The van der Waals surface area contributed by atoms with E-state index in [1.165, 1.54) is 6.42 Å². The Labute approximate surface area is 79.8 Å². The van der Waals surface area contributed by atoms with Crippen molar-refractivity contribution in [2.45, 2.75) is 26.2 Å². The van der Waals surface area contributed by atoms with Crippen LogP contribution in [0.1, 0.15) is 26.2 Å². The molecular formula is C10H18N2O. The van der Waals surface area contributed by atoms with Gasteiger partial charge < -0.3 is 10.2 Å². The van der Waals surface area contributed by atoms with Gasteiger partial charge in [0.05, 0.1) is 0 Å². The highest BCUT2D eigenvalue weighted by atomic mass is 16.2. The van der Waals surface area contributed by atoms with Crippen molar-refractivity contribution in [3.05, 3.63) is 11.8 Å². The molecule has 3 nitrogen and oxygen atoms in total. The number of likely N-dealkylation sites (tertiary alicyclic amines) is 1. The number of allylic oxidation sites excluding steroid dienone is 1. The zero-order chi connectivity index (χ0) is 9.68. The number of nitrogens with one attached hydrogen (secondary N) is 1. The fraction of sp³-hybridized carbons (Fsp3) is 0.700. The van der Waals surface area contributed by atoms with Crippen LogP contribution < -0.4 is 5.32 Å². The molecule has 0 aliphatic carbocycles. The van der Waals surface area contributed by atoms with Crippen molar-refractivity contribution in [3.63, 3.8) is 0 Å². The molecule has 1 amide bonds. The van der Waals surface area contributed by atoms with Crippen LogP contribution in [0.3, 0.4) is 0 Å². The number of nitrogens with zero attached hydrogens (tertiary/aromatic N) is 1. The molecule has 0 unspecified atom stereocenters. The van der Waals surface area contributed by atoms with Crippen LogP contribution in [0.2, 0.25) is 0 Å². The molecule has 1 aliphatic heterocycles. The smallest absolute Gasteiger partial charge is 0.248 e. The molecule has 1 saturated heterocycles. The van der Waals surface area contributed by atoms with E-state index in [0.717, 1.165) is 31.6 Å². The Kier molecular flexibility index (Phi) is 3.80. The van der Waals surface area contributed by atoms with Gasteiger partial charge in [-0.25, -0.2) is 0 Å². The van der Waals surface area contributed by atoms with Crippen molar-refractivity contribution in [1.29, 1.82) is 0 Å². The summed E-state index contributed by atoms with van der Waals surface area (Å²) in [6, 6.07) is 0. The van der Waals surface area contributed by atoms with Crippen LogP contribution in [0, 0.1) is 0 Å². The number of carbonyl (C=O) groups excluding carboxylic acids is 1. The van der Waals surface area contributed by atoms with Gasteiger partial charge in [0.25, 0.3) is 0 Å². The molecule has 0 saturated carbocycles. The first kappa shape index (κ1) is 10.1. The Balaban J connectivity index is 2.46. The van der Waals surface area contributed by atoms with Crippen LogP contribution in [0.4, 0.5) is 0 Å². The molecule has 0 atom stereocenters. The maximum absolute atomic E-state index is 11.6. The van der Waals surface area contributed by atoms with Gasteiger partial charge in [-0.05, 0) is 26.2 Å². The Bertz CT molecular complexity index is 205. The zero-order valence-electron chi connectivity index (χ0n) is 8.47. The Morgan fingerprint density at radius 2 is 1.92 bits per heavy atom. The predicted octanol–water partition coefficient (Wildman–Crippen LogP) is 1.12. The van der Waals surface area contributed by atoms with Crippen molar-refractivity contribution >= 4 is 5.91 Å². The molecule has 74 valence electrons. The number of rotatable bonds is 2. The Morgan fingerprint density at radius 3 is 2.46 bits per heavy atom. The quantitative estimate of drug-likeness (QED) is 0.649. The van der Waals surface area contributed by atoms with Crippen molar-refractivity contribution in [1.82, 2.24) is 10.2 Å². The van der Waals surface area contributed by atoms with Crippen LogP contribution in [-0.2, 0) is 4.79 Å². The normalized spacial score (nSPS) is 18.6. The number of piperidine rings is 1. The van der Waals surface area contributed by atoms with E-state index < -0.39 is 0 Å². The van der Waals surface area contributed by atoms with Gasteiger partial charge in [0.2, 0.25) is 5.91 Å². The lowest BCUT2D eigenvalue weighted by atomic mass is 10.1. The van der Waals surface area contributed by atoms with Gasteiger partial charge in [-0.3, -0.25) is 4.79 Å². The SMILES string of the molecule is CN/C(C)=C\C(=O)N1CCCCC1. The van der Waals surface area contributed by atoms with Gasteiger partial charge in [-0.15, -0.1) is 0 Å². The first-order valence-corrected chi connectivity index (χ1v) is 4.89. The average molecular weight is 182 g/mol. The molecule has 0 aromatic heterocycles. The topological polar surface area (TPSA) is 32.3 Å². The number of carbonyl (C=O) groups is 1. The molecule has 0 aromatic rings. The van der Waals surface area contributed by atoms with Crippen molar-refractivity contribution in [2.24, 2.45) is 0 Å². The van der Waals surface area contributed by atoms with Gasteiger partial charge in [-0.1, -0.05) is 0 Å². The summed E-state index contributed by atoms with van der Waals surface area (Å²) in [5.41, 5.74) is 0.926. The third-order valence-electron chi connectivity index (χ3n) is 2.40. The lowest BCUT2D eigenvalue weighted by molar-refractivity contribution is -0.126. The van der Waals surface area contributed by atoms with E-state index in [2.05, 4.69) is 5.32 Å². The molecule has 1 rings (SSSR count). The summed E-state index contributed by atoms with van der Waals surface area (Å²) >= 11 is 0. The molecule has 3 heteroatoms. The molecule has 0 radical (unpaired) electrons. The van der Waals surface area contributed by atoms with Gasteiger partial charge in [0.15, 0.2) is 0 Å². The molecule has 0 bridgehead atoms. The Morgan fingerprint density at radius 1 is 1.31 bits per heavy atom. The first-order chi connectivity index (χ1) is 6.24. The lowest BCUT2D eigenvalue weighted by Crippen LogP contribution is -2.34. The highest BCUT2D eigenvalue weighted by molar-refractivity contribution is 5.88. The standard InChI is InChI=1S/C10H18N2O/c1-9(11-2)8-10(13)12-6-4-3-5-7-12/h8,11H,3-7H2,1-2H3/b9-8-. The number of hydrogen-bond donors (Lipinski definition) is 1.